The van der Waals surface area contributed by atoms with E-state index in [0.29, 0.717) is 19.4 Å². The number of aromatic amines is 1. The molecule has 0 unspecified atom stereocenters. The lowest BCUT2D eigenvalue weighted by Gasteiger charge is -2.26. The first-order valence-electron chi connectivity index (χ1n) is 21.4. The lowest BCUT2D eigenvalue weighted by atomic mass is 10.0. The van der Waals surface area contributed by atoms with Gasteiger partial charge >= 0.3 is 12.1 Å². The molecule has 0 radical (unpaired) electrons. The van der Waals surface area contributed by atoms with Gasteiger partial charge in [-0.25, -0.2) is 4.79 Å². The minimum Gasteiger partial charge on any atom is -0.475 e. The average molecular weight is 932 g/mol. The third kappa shape index (κ3) is 16.3. The summed E-state index contributed by atoms with van der Waals surface area (Å²) in [4.78, 5) is 93.1. The number of nitrogens with one attached hydrogen (secondary N) is 6. The Morgan fingerprint density at radius 3 is 1.76 bits per heavy atom. The third-order valence-electron chi connectivity index (χ3n) is 10.5. The van der Waals surface area contributed by atoms with Crippen LogP contribution in [-0.2, 0) is 52.8 Å². The van der Waals surface area contributed by atoms with E-state index in [2.05, 4.69) is 31.6 Å². The number of carbonyl (C=O) groups excluding carboxylic acids is 6. The third-order valence-corrected chi connectivity index (χ3v) is 10.5. The Kier molecular flexibility index (Phi) is 19.4. The van der Waals surface area contributed by atoms with Gasteiger partial charge in [-0.2, -0.15) is 13.2 Å². The monoisotopic (exact) mass is 931 g/mol. The maximum atomic E-state index is 14.3. The highest BCUT2D eigenvalue weighted by Gasteiger charge is 2.38. The highest BCUT2D eigenvalue weighted by Crippen LogP contribution is 2.20. The zero-order valence-corrected chi connectivity index (χ0v) is 36.9. The molecule has 6 atom stereocenters. The van der Waals surface area contributed by atoms with Gasteiger partial charge in [-0.05, 0) is 73.2 Å². The smallest absolute Gasteiger partial charge is 0.475 e. The molecule has 1 heterocycles. The van der Waals surface area contributed by atoms with Crippen molar-refractivity contribution in [1.82, 2.24) is 31.6 Å². The van der Waals surface area contributed by atoms with Crippen LogP contribution in [0.2, 0.25) is 0 Å². The second-order valence-corrected chi connectivity index (χ2v) is 15.9. The number of rotatable bonds is 21. The van der Waals surface area contributed by atoms with E-state index in [-0.39, 0.29) is 25.7 Å². The van der Waals surface area contributed by atoms with Crippen LogP contribution in [-0.4, -0.2) is 100 Å². The molecular formula is C47H56F3N9O8. The van der Waals surface area contributed by atoms with Gasteiger partial charge < -0.3 is 53.9 Å². The van der Waals surface area contributed by atoms with Crippen LogP contribution in [0.1, 0.15) is 49.8 Å². The minimum absolute atomic E-state index is 0.0139. The summed E-state index contributed by atoms with van der Waals surface area (Å²) in [5.74, 6) is -6.66. The number of hydrogen-bond acceptors (Lipinski definition) is 9. The molecule has 6 amide bonds. The number of halogens is 3. The Balaban J connectivity index is 0.00000129. The zero-order chi connectivity index (χ0) is 49.3. The van der Waals surface area contributed by atoms with Crippen molar-refractivity contribution >= 4 is 63.1 Å². The van der Waals surface area contributed by atoms with Gasteiger partial charge in [-0.15, -0.1) is 0 Å². The van der Waals surface area contributed by atoms with Gasteiger partial charge in [0.15, 0.2) is 0 Å². The molecule has 0 fully saturated rings. The molecule has 5 rings (SSSR count). The van der Waals surface area contributed by atoms with E-state index in [0.717, 1.165) is 38.4 Å². The van der Waals surface area contributed by atoms with E-state index in [1.165, 1.54) is 13.8 Å². The fourth-order valence-corrected chi connectivity index (χ4v) is 6.90. The number of unbranched alkanes of at least 4 members (excludes halogenated alkanes) is 1. The van der Waals surface area contributed by atoms with E-state index >= 15 is 0 Å². The Hall–Kier alpha value is -7.32. The molecular weight excluding hydrogens is 876 g/mol. The fourth-order valence-electron chi connectivity index (χ4n) is 6.90. The van der Waals surface area contributed by atoms with E-state index in [4.69, 9.17) is 27.1 Å². The summed E-state index contributed by atoms with van der Waals surface area (Å²) in [6.45, 7) is 3.38. The number of carboxylic acids is 1. The van der Waals surface area contributed by atoms with Gasteiger partial charge in [0.05, 0.1) is 6.04 Å². The largest absolute Gasteiger partial charge is 0.490 e. The number of carbonyl (C=O) groups is 7. The van der Waals surface area contributed by atoms with Crippen molar-refractivity contribution in [2.45, 2.75) is 94.8 Å². The van der Waals surface area contributed by atoms with E-state index in [1.54, 1.807) is 30.5 Å². The normalized spacial score (nSPS) is 13.9. The number of alkyl halides is 3. The molecule has 13 N–H and O–H groups in total. The standard InChI is InChI=1S/C45H55N9O6.C2HF3O2/c1-27(47)41(56)52-38(24-30-19-20-31-14-6-7-15-32(31)22-30)43(58)50-28(2)42(57)53-39(25-33-26-49-35-17-9-8-16-34(33)35)45(60)54-37(23-29-12-4-3-5-13-29)44(59)51-36(40(48)55)18-10-11-21-46;3-2(4,5)1(6)7/h3-9,12-17,19-20,22,26-28,36-39,49H,10-11,18,21,23-25,46-47H2,1-2H3,(H2,48,55)(H,50,58)(H,51,59)(H,52,56)(H,53,57)(H,54,60);(H,6,7)/t27-,28+,36+,37-,38-,39+;/m1./s1. The molecule has 0 spiro atoms. The zero-order valence-electron chi connectivity index (χ0n) is 36.9. The topological polar surface area (TPSA) is 294 Å². The van der Waals surface area contributed by atoms with Crippen molar-refractivity contribution in [3.8, 4) is 0 Å². The Morgan fingerprint density at radius 1 is 0.627 bits per heavy atom. The van der Waals surface area contributed by atoms with Crippen LogP contribution in [0.25, 0.3) is 21.7 Å². The molecule has 67 heavy (non-hydrogen) atoms. The van der Waals surface area contributed by atoms with E-state index in [9.17, 15) is 41.9 Å². The van der Waals surface area contributed by atoms with Gasteiger partial charge in [-0.3, -0.25) is 28.8 Å². The highest BCUT2D eigenvalue weighted by atomic mass is 19.4. The predicted molar refractivity (Wildman–Crippen MR) is 245 cm³/mol. The van der Waals surface area contributed by atoms with Gasteiger partial charge in [0.25, 0.3) is 0 Å². The lowest BCUT2D eigenvalue weighted by molar-refractivity contribution is -0.192. The molecule has 0 bridgehead atoms. The van der Waals surface area contributed by atoms with Gasteiger partial charge in [0.2, 0.25) is 35.4 Å². The van der Waals surface area contributed by atoms with Crippen molar-refractivity contribution in [3.05, 3.63) is 120 Å². The first-order chi connectivity index (χ1) is 31.8. The summed E-state index contributed by atoms with van der Waals surface area (Å²) in [6.07, 6.45) is -1.69. The van der Waals surface area contributed by atoms with Gasteiger partial charge in [0, 0.05) is 36.4 Å². The number of aromatic nitrogens is 1. The molecule has 17 nitrogen and oxygen atoms in total. The first kappa shape index (κ1) is 52.3. The van der Waals surface area contributed by atoms with E-state index in [1.807, 2.05) is 72.8 Å². The summed E-state index contributed by atoms with van der Waals surface area (Å²) < 4.78 is 31.7. The van der Waals surface area contributed by atoms with Crippen molar-refractivity contribution in [1.29, 1.82) is 0 Å². The number of fused-ring (bicyclic) bond motifs is 2. The van der Waals surface area contributed by atoms with E-state index < -0.39 is 83.8 Å². The first-order valence-corrected chi connectivity index (χ1v) is 21.4. The molecule has 0 saturated carbocycles. The van der Waals surface area contributed by atoms with Crippen molar-refractivity contribution < 1.29 is 51.8 Å². The van der Waals surface area contributed by atoms with Crippen LogP contribution >= 0.6 is 0 Å². The molecule has 0 aliphatic heterocycles. The summed E-state index contributed by atoms with van der Waals surface area (Å²) in [7, 11) is 0. The number of amides is 6. The number of primary amides is 1. The van der Waals surface area contributed by atoms with Gasteiger partial charge in [0.1, 0.15) is 30.2 Å². The molecule has 0 aliphatic carbocycles. The summed E-state index contributed by atoms with van der Waals surface area (Å²) >= 11 is 0. The second-order valence-electron chi connectivity index (χ2n) is 15.9. The number of aliphatic carboxylic acids is 1. The van der Waals surface area contributed by atoms with Crippen LogP contribution in [0.5, 0.6) is 0 Å². The number of para-hydroxylation sites is 1. The van der Waals surface area contributed by atoms with Crippen LogP contribution in [0, 0.1) is 0 Å². The van der Waals surface area contributed by atoms with Crippen molar-refractivity contribution in [2.24, 2.45) is 17.2 Å². The Bertz CT molecular complexity index is 2500. The number of H-pyrrole nitrogens is 1. The molecule has 20 heteroatoms. The number of carboxylic acid groups (broad SMARTS) is 1. The average Bonchev–Trinajstić information content (AvgIpc) is 3.70. The minimum atomic E-state index is -5.08. The van der Waals surface area contributed by atoms with Crippen molar-refractivity contribution in [3.63, 3.8) is 0 Å². The van der Waals surface area contributed by atoms with Crippen molar-refractivity contribution in [2.75, 3.05) is 6.54 Å². The number of benzene rings is 4. The second kappa shape index (κ2) is 24.8. The summed E-state index contributed by atoms with van der Waals surface area (Å²) in [6, 6.07) is 23.4. The molecule has 0 saturated heterocycles. The number of nitrogens with two attached hydrogens (primary N) is 3. The Labute approximate surface area is 384 Å². The highest BCUT2D eigenvalue weighted by molar-refractivity contribution is 5.97. The molecule has 358 valence electrons. The predicted octanol–water partition coefficient (Wildman–Crippen LogP) is 2.39. The maximum absolute atomic E-state index is 14.3. The quantitative estimate of drug-likeness (QED) is 0.0480. The van der Waals surface area contributed by atoms with Crippen LogP contribution in [0.4, 0.5) is 13.2 Å². The molecule has 4 aromatic carbocycles. The SMILES string of the molecule is C[C@H](NC(=O)[C@@H](Cc1ccc2ccccc2c1)NC(=O)[C@@H](C)N)C(=O)N[C@@H](Cc1c[nH]c2ccccc12)C(=O)N[C@H](Cc1ccccc1)C(=O)N[C@@H](CCCCN)C(N)=O.O=C(O)C(F)(F)F. The number of hydrogen-bond donors (Lipinski definition) is 10. The summed E-state index contributed by atoms with van der Waals surface area (Å²) in [5, 5.41) is 23.6. The molecule has 0 aliphatic rings. The molecule has 1 aromatic heterocycles. The Morgan fingerprint density at radius 2 is 1.15 bits per heavy atom. The van der Waals surface area contributed by atoms with Crippen LogP contribution < -0.4 is 43.8 Å². The van der Waals surface area contributed by atoms with Crippen LogP contribution in [0.15, 0.2) is 103 Å². The maximum Gasteiger partial charge on any atom is 0.490 e. The fraction of sp³-hybridized carbons (Fsp3) is 0.340. The molecule has 5 aromatic rings. The van der Waals surface area contributed by atoms with Crippen LogP contribution in [0.3, 0.4) is 0 Å². The lowest BCUT2D eigenvalue weighted by Crippen LogP contribution is -2.59. The van der Waals surface area contributed by atoms with Gasteiger partial charge in [-0.1, -0.05) is 91.0 Å². The summed E-state index contributed by atoms with van der Waals surface area (Å²) in [5.41, 5.74) is 20.2.